The van der Waals surface area contributed by atoms with Crippen LogP contribution in [0.1, 0.15) is 24.8 Å². The van der Waals surface area contributed by atoms with Crippen LogP contribution in [-0.2, 0) is 0 Å². The van der Waals surface area contributed by atoms with E-state index < -0.39 is 54.7 Å². The second-order valence-electron chi connectivity index (χ2n) is 7.58. The molecule has 4 aromatic rings. The van der Waals surface area contributed by atoms with Gasteiger partial charge in [0, 0.05) is 29.9 Å². The standard InChI is InChI=1S/C24H18F4N4O5/c1-29-20(33)17-15-8-14(12-7-16(23(34)35)21(36-2)30-9-12)19(31-10-24(26,27)28)32-22(15)37-18(17)11-3-5-13(25)6-4-11/h3-9H,10H2,1-2H3,(H,29,33)(H,31,32)(H,34,35)/i2D3. The Balaban J connectivity index is 1.98. The maximum absolute atomic E-state index is 13.5. The molecular weight excluding hydrogens is 500 g/mol. The molecule has 13 heteroatoms. The smallest absolute Gasteiger partial charge is 0.405 e. The highest BCUT2D eigenvalue weighted by molar-refractivity contribution is 6.11. The van der Waals surface area contributed by atoms with Gasteiger partial charge in [0.25, 0.3) is 5.91 Å². The van der Waals surface area contributed by atoms with Crippen molar-refractivity contribution < 1.29 is 45.5 Å². The Kier molecular flexibility index (Phi) is 5.69. The number of furan rings is 1. The fourth-order valence-corrected chi connectivity index (χ4v) is 3.55. The van der Waals surface area contributed by atoms with E-state index in [1.165, 1.54) is 25.2 Å². The van der Waals surface area contributed by atoms with E-state index >= 15 is 0 Å². The Hall–Kier alpha value is -4.68. The molecule has 0 saturated heterocycles. The van der Waals surface area contributed by atoms with Crippen LogP contribution >= 0.6 is 0 Å². The predicted molar refractivity (Wildman–Crippen MR) is 124 cm³/mol. The van der Waals surface area contributed by atoms with Crippen molar-refractivity contribution >= 4 is 28.8 Å². The number of hydrogen-bond donors (Lipinski definition) is 3. The molecule has 0 bridgehead atoms. The zero-order valence-corrected chi connectivity index (χ0v) is 18.7. The predicted octanol–water partition coefficient (Wildman–Crippen LogP) is 4.74. The van der Waals surface area contributed by atoms with Gasteiger partial charge in [0.05, 0.1) is 22.1 Å². The molecule has 0 aliphatic rings. The Bertz CT molecular complexity index is 1610. The van der Waals surface area contributed by atoms with Gasteiger partial charge in [0.1, 0.15) is 29.5 Å². The van der Waals surface area contributed by atoms with Gasteiger partial charge < -0.3 is 24.9 Å². The van der Waals surface area contributed by atoms with E-state index in [1.54, 1.807) is 0 Å². The van der Waals surface area contributed by atoms with Crippen LogP contribution in [0.25, 0.3) is 33.6 Å². The zero-order chi connectivity index (χ0) is 29.4. The van der Waals surface area contributed by atoms with Crippen LogP contribution < -0.4 is 15.4 Å². The maximum Gasteiger partial charge on any atom is 0.405 e. The maximum atomic E-state index is 13.5. The minimum Gasteiger partial charge on any atom is -0.480 e. The van der Waals surface area contributed by atoms with Crippen LogP contribution in [0.2, 0.25) is 0 Å². The topological polar surface area (TPSA) is 127 Å². The number of carboxylic acid groups (broad SMARTS) is 1. The fourth-order valence-electron chi connectivity index (χ4n) is 3.55. The average molecular weight is 521 g/mol. The summed E-state index contributed by atoms with van der Waals surface area (Å²) >= 11 is 0. The molecule has 0 radical (unpaired) electrons. The number of aromatic nitrogens is 2. The van der Waals surface area contributed by atoms with Crippen LogP contribution in [-0.4, -0.2) is 53.8 Å². The molecule has 3 N–H and O–H groups in total. The van der Waals surface area contributed by atoms with Crippen LogP contribution in [0.3, 0.4) is 0 Å². The SMILES string of the molecule is [2H]C([2H])([2H])Oc1ncc(-c2cc3c(C(=O)NC)c(-c4ccc(F)cc4)oc3nc2NCC(F)(F)F)cc1C(=O)O. The van der Waals surface area contributed by atoms with Crippen molar-refractivity contribution in [3.8, 4) is 28.3 Å². The summed E-state index contributed by atoms with van der Waals surface area (Å²) in [5, 5.41) is 14.2. The number of fused-ring (bicyclic) bond motifs is 1. The molecule has 0 saturated carbocycles. The zero-order valence-electron chi connectivity index (χ0n) is 21.7. The summed E-state index contributed by atoms with van der Waals surface area (Å²) in [5.41, 5.74) is -0.966. The third-order valence-corrected chi connectivity index (χ3v) is 5.19. The summed E-state index contributed by atoms with van der Waals surface area (Å²) in [6.45, 7) is -1.54. The van der Waals surface area contributed by atoms with Crippen molar-refractivity contribution in [2.45, 2.75) is 6.18 Å². The summed E-state index contributed by atoms with van der Waals surface area (Å²) in [5.74, 6) is -4.05. The summed E-state index contributed by atoms with van der Waals surface area (Å²) < 4.78 is 84.8. The third-order valence-electron chi connectivity index (χ3n) is 5.19. The lowest BCUT2D eigenvalue weighted by Crippen LogP contribution is -2.22. The van der Waals surface area contributed by atoms with Crippen molar-refractivity contribution in [3.05, 3.63) is 59.5 Å². The number of carbonyl (C=O) groups excluding carboxylic acids is 1. The van der Waals surface area contributed by atoms with Gasteiger partial charge in [0.2, 0.25) is 11.6 Å². The first-order chi connectivity index (χ1) is 18.7. The molecule has 0 fully saturated rings. The second-order valence-corrected chi connectivity index (χ2v) is 7.58. The van der Waals surface area contributed by atoms with E-state index in [4.69, 9.17) is 8.53 Å². The summed E-state index contributed by atoms with van der Waals surface area (Å²) in [6, 6.07) is 7.08. The van der Waals surface area contributed by atoms with Crippen molar-refractivity contribution in [1.29, 1.82) is 0 Å². The molecule has 3 heterocycles. The lowest BCUT2D eigenvalue weighted by Gasteiger charge is -2.14. The summed E-state index contributed by atoms with van der Waals surface area (Å²) in [6.07, 6.45) is -3.69. The number of hydrogen-bond acceptors (Lipinski definition) is 7. The molecule has 4 rings (SSSR count). The van der Waals surface area contributed by atoms with Crippen molar-refractivity contribution in [1.82, 2.24) is 15.3 Å². The molecule has 37 heavy (non-hydrogen) atoms. The molecule has 0 aliphatic heterocycles. The minimum absolute atomic E-state index is 0.0333. The Morgan fingerprint density at radius 1 is 1.19 bits per heavy atom. The van der Waals surface area contributed by atoms with Crippen LogP contribution in [0.15, 0.2) is 47.0 Å². The second kappa shape index (κ2) is 9.76. The molecule has 9 nitrogen and oxygen atoms in total. The number of anilines is 1. The summed E-state index contributed by atoms with van der Waals surface area (Å²) in [7, 11) is -1.70. The van der Waals surface area contributed by atoms with E-state index in [1.807, 2.05) is 0 Å². The van der Waals surface area contributed by atoms with Crippen molar-refractivity contribution in [3.63, 3.8) is 0 Å². The molecule has 0 spiro atoms. The highest BCUT2D eigenvalue weighted by Crippen LogP contribution is 2.38. The molecular formula is C24H18F4N4O5. The highest BCUT2D eigenvalue weighted by atomic mass is 19.4. The van der Waals surface area contributed by atoms with E-state index in [0.29, 0.717) is 0 Å². The monoisotopic (exact) mass is 521 g/mol. The number of nitrogens with one attached hydrogen (secondary N) is 2. The quantitative estimate of drug-likeness (QED) is 0.298. The van der Waals surface area contributed by atoms with Gasteiger partial charge in [-0.3, -0.25) is 4.79 Å². The number of ether oxygens (including phenoxy) is 1. The Labute approximate surface area is 210 Å². The van der Waals surface area contributed by atoms with Crippen molar-refractivity contribution in [2.24, 2.45) is 0 Å². The molecule has 1 aromatic carbocycles. The van der Waals surface area contributed by atoms with E-state index in [-0.39, 0.29) is 39.1 Å². The number of amides is 1. The van der Waals surface area contributed by atoms with Crippen LogP contribution in [0.4, 0.5) is 23.4 Å². The Morgan fingerprint density at radius 3 is 2.54 bits per heavy atom. The van der Waals surface area contributed by atoms with E-state index in [0.717, 1.165) is 24.4 Å². The van der Waals surface area contributed by atoms with E-state index in [9.17, 15) is 32.3 Å². The number of pyridine rings is 2. The summed E-state index contributed by atoms with van der Waals surface area (Å²) in [4.78, 5) is 32.6. The minimum atomic E-state index is -4.68. The number of carboxylic acids is 1. The van der Waals surface area contributed by atoms with Gasteiger partial charge in [-0.15, -0.1) is 0 Å². The first-order valence-corrected chi connectivity index (χ1v) is 10.4. The largest absolute Gasteiger partial charge is 0.480 e. The normalized spacial score (nSPS) is 12.9. The van der Waals surface area contributed by atoms with Crippen LogP contribution in [0, 0.1) is 5.82 Å². The number of halogens is 4. The molecule has 0 atom stereocenters. The molecule has 3 aromatic heterocycles. The number of alkyl halides is 3. The first kappa shape index (κ1) is 21.6. The Morgan fingerprint density at radius 2 is 1.92 bits per heavy atom. The number of methoxy groups -OCH3 is 1. The molecule has 1 amide bonds. The average Bonchev–Trinajstić information content (AvgIpc) is 3.24. The fraction of sp³-hybridized carbons (Fsp3) is 0.167. The van der Waals surface area contributed by atoms with Gasteiger partial charge in [-0.25, -0.2) is 14.2 Å². The van der Waals surface area contributed by atoms with Gasteiger partial charge in [0.15, 0.2) is 0 Å². The lowest BCUT2D eigenvalue weighted by molar-refractivity contribution is -0.115. The molecule has 0 unspecified atom stereocenters. The van der Waals surface area contributed by atoms with Crippen LogP contribution in [0.5, 0.6) is 5.88 Å². The van der Waals surface area contributed by atoms with Crippen molar-refractivity contribution in [2.75, 3.05) is 25.9 Å². The first-order valence-electron chi connectivity index (χ1n) is 11.9. The van der Waals surface area contributed by atoms with Gasteiger partial charge in [-0.2, -0.15) is 18.2 Å². The van der Waals surface area contributed by atoms with Gasteiger partial charge >= 0.3 is 12.1 Å². The highest BCUT2D eigenvalue weighted by Gasteiger charge is 2.29. The van der Waals surface area contributed by atoms with Gasteiger partial charge in [-0.05, 0) is 36.4 Å². The molecule has 192 valence electrons. The lowest BCUT2D eigenvalue weighted by atomic mass is 10.0. The molecule has 0 aliphatic carbocycles. The van der Waals surface area contributed by atoms with E-state index in [2.05, 4.69) is 25.3 Å². The van der Waals surface area contributed by atoms with Gasteiger partial charge in [-0.1, -0.05) is 0 Å². The third kappa shape index (κ3) is 5.15. The number of rotatable bonds is 7. The number of carbonyl (C=O) groups is 2. The number of aromatic carboxylic acids is 1. The number of benzene rings is 1. The number of nitrogens with zero attached hydrogens (tertiary/aromatic N) is 2.